The van der Waals surface area contributed by atoms with E-state index >= 15 is 0 Å². The van der Waals surface area contributed by atoms with Gasteiger partial charge in [-0.05, 0) is 51.1 Å². The van der Waals surface area contributed by atoms with Crippen molar-refractivity contribution in [2.45, 2.75) is 44.9 Å². The predicted molar refractivity (Wildman–Crippen MR) is 142 cm³/mol. The van der Waals surface area contributed by atoms with E-state index in [0.717, 1.165) is 6.42 Å². The van der Waals surface area contributed by atoms with Crippen LogP contribution in [0.4, 0.5) is 0 Å². The molecule has 3 atom stereocenters. The number of piperidine rings is 1. The second-order valence-corrected chi connectivity index (χ2v) is 10.5. The van der Waals surface area contributed by atoms with Gasteiger partial charge in [0.1, 0.15) is 23.8 Å². The van der Waals surface area contributed by atoms with E-state index < -0.39 is 6.04 Å². The first-order valence-electron chi connectivity index (χ1n) is 12.9. The summed E-state index contributed by atoms with van der Waals surface area (Å²) >= 11 is 0. The maximum absolute atomic E-state index is 13.6. The van der Waals surface area contributed by atoms with Crippen LogP contribution in [0.3, 0.4) is 0 Å². The third-order valence-corrected chi connectivity index (χ3v) is 7.33. The second-order valence-electron chi connectivity index (χ2n) is 10.5. The van der Waals surface area contributed by atoms with Gasteiger partial charge in [-0.25, -0.2) is 9.97 Å². The molecule has 0 spiro atoms. The van der Waals surface area contributed by atoms with E-state index in [2.05, 4.69) is 25.0 Å². The highest BCUT2D eigenvalue weighted by atomic mass is 16.2. The number of ketones is 2. The number of hydrogen-bond acceptors (Lipinski definition) is 9. The molecule has 0 N–H and O–H groups in total. The summed E-state index contributed by atoms with van der Waals surface area (Å²) in [6, 6.07) is 6.51. The minimum absolute atomic E-state index is 0.0597. The van der Waals surface area contributed by atoms with Crippen LogP contribution < -0.4 is 0 Å². The molecular formula is C28H28N8O3. The molecule has 1 amide bonds. The van der Waals surface area contributed by atoms with E-state index in [1.54, 1.807) is 54.0 Å². The first-order chi connectivity index (χ1) is 18.8. The summed E-state index contributed by atoms with van der Waals surface area (Å²) in [6.45, 7) is 1.97. The van der Waals surface area contributed by atoms with E-state index in [-0.39, 0.29) is 35.8 Å². The molecule has 39 heavy (non-hydrogen) atoms. The quantitative estimate of drug-likeness (QED) is 0.319. The van der Waals surface area contributed by atoms with Gasteiger partial charge in [0.05, 0.1) is 30.0 Å². The third kappa shape index (κ3) is 4.69. The Kier molecular flexibility index (Phi) is 6.22. The first kappa shape index (κ1) is 24.9. The summed E-state index contributed by atoms with van der Waals surface area (Å²) in [6.07, 6.45) is 8.16. The molecule has 6 rings (SSSR count). The van der Waals surface area contributed by atoms with Gasteiger partial charge >= 0.3 is 0 Å². The van der Waals surface area contributed by atoms with Crippen LogP contribution in [0.5, 0.6) is 0 Å². The number of amides is 1. The highest BCUT2D eigenvalue weighted by Gasteiger charge is 2.56. The average Bonchev–Trinajstić information content (AvgIpc) is 3.44. The summed E-state index contributed by atoms with van der Waals surface area (Å²) in [5.74, 6) is 0.468. The maximum Gasteiger partial charge on any atom is 0.245 e. The molecule has 0 radical (unpaired) electrons. The van der Waals surface area contributed by atoms with Gasteiger partial charge in [-0.15, -0.1) is 0 Å². The molecule has 11 nitrogen and oxygen atoms in total. The van der Waals surface area contributed by atoms with Crippen molar-refractivity contribution in [3.8, 4) is 11.3 Å². The van der Waals surface area contributed by atoms with Crippen molar-refractivity contribution in [1.29, 1.82) is 0 Å². The molecule has 1 aliphatic heterocycles. The molecule has 5 heterocycles. The summed E-state index contributed by atoms with van der Waals surface area (Å²) < 4.78 is 1.51. The average molecular weight is 525 g/mol. The molecule has 11 heteroatoms. The number of nitrogens with zero attached hydrogens (tertiary/aromatic N) is 8. The number of fused-ring (bicyclic) bond motifs is 2. The largest absolute Gasteiger partial charge is 0.327 e. The van der Waals surface area contributed by atoms with Gasteiger partial charge in [0.15, 0.2) is 5.78 Å². The highest BCUT2D eigenvalue weighted by molar-refractivity contribution is 6.06. The number of likely N-dealkylation sites (tertiary alicyclic amines) is 1. The zero-order chi connectivity index (χ0) is 27.3. The monoisotopic (exact) mass is 524 g/mol. The van der Waals surface area contributed by atoms with Gasteiger partial charge in [-0.2, -0.15) is 5.10 Å². The number of aromatic nitrogens is 6. The van der Waals surface area contributed by atoms with E-state index in [0.29, 0.717) is 52.6 Å². The summed E-state index contributed by atoms with van der Waals surface area (Å²) in [5.41, 5.74) is 2.51. The summed E-state index contributed by atoms with van der Waals surface area (Å²) in [7, 11) is 3.90. The number of pyridine rings is 2. The summed E-state index contributed by atoms with van der Waals surface area (Å²) in [4.78, 5) is 60.5. The number of Topliss-reactive ketones (excluding diaryl/α,β-unsaturated/α-hetero) is 2. The minimum atomic E-state index is -0.537. The van der Waals surface area contributed by atoms with E-state index in [1.807, 2.05) is 19.0 Å². The highest BCUT2D eigenvalue weighted by Crippen LogP contribution is 2.48. The van der Waals surface area contributed by atoms with Crippen LogP contribution in [0.25, 0.3) is 22.2 Å². The molecule has 2 aliphatic rings. The van der Waals surface area contributed by atoms with Crippen molar-refractivity contribution in [2.75, 3.05) is 14.1 Å². The first-order valence-corrected chi connectivity index (χ1v) is 12.9. The van der Waals surface area contributed by atoms with Crippen LogP contribution in [0.15, 0.2) is 49.1 Å². The van der Waals surface area contributed by atoms with Gasteiger partial charge in [-0.1, -0.05) is 6.07 Å². The maximum atomic E-state index is 13.6. The van der Waals surface area contributed by atoms with Crippen LogP contribution in [0.1, 0.15) is 46.6 Å². The molecular weight excluding hydrogens is 496 g/mol. The van der Waals surface area contributed by atoms with Crippen molar-refractivity contribution < 1.29 is 14.4 Å². The topological polar surface area (TPSA) is 127 Å². The molecule has 1 saturated carbocycles. The van der Waals surface area contributed by atoms with Crippen LogP contribution in [0, 0.1) is 5.92 Å². The fourth-order valence-corrected chi connectivity index (χ4v) is 5.40. The van der Waals surface area contributed by atoms with Crippen molar-refractivity contribution in [2.24, 2.45) is 5.92 Å². The number of rotatable bonds is 8. The van der Waals surface area contributed by atoms with Gasteiger partial charge in [0, 0.05) is 42.5 Å². The Morgan fingerprint density at radius 1 is 1.03 bits per heavy atom. The number of carbonyl (C=O) groups excluding carboxylic acids is 3. The van der Waals surface area contributed by atoms with Crippen LogP contribution in [0.2, 0.25) is 0 Å². The Bertz CT molecular complexity index is 1580. The lowest BCUT2D eigenvalue weighted by molar-refractivity contribution is -0.133. The number of carbonyl (C=O) groups is 3. The molecule has 1 aliphatic carbocycles. The second kappa shape index (κ2) is 9.73. The Hall–Kier alpha value is -4.38. The molecule has 0 bridgehead atoms. The molecule has 4 aromatic rings. The van der Waals surface area contributed by atoms with E-state index in [4.69, 9.17) is 0 Å². The fraction of sp³-hybridized carbons (Fsp3) is 0.357. The Balaban J connectivity index is 1.28. The van der Waals surface area contributed by atoms with Gasteiger partial charge in [0.2, 0.25) is 11.7 Å². The van der Waals surface area contributed by atoms with Crippen molar-refractivity contribution >= 4 is 28.4 Å². The molecule has 0 aromatic carbocycles. The molecule has 2 fully saturated rings. The third-order valence-electron chi connectivity index (χ3n) is 7.33. The van der Waals surface area contributed by atoms with Crippen LogP contribution >= 0.6 is 0 Å². The van der Waals surface area contributed by atoms with E-state index in [9.17, 15) is 14.4 Å². The Labute approximate surface area is 224 Å². The van der Waals surface area contributed by atoms with Crippen molar-refractivity contribution in [3.63, 3.8) is 0 Å². The van der Waals surface area contributed by atoms with Crippen LogP contribution in [-0.2, 0) is 17.9 Å². The van der Waals surface area contributed by atoms with Gasteiger partial charge in [-0.3, -0.25) is 29.0 Å². The molecule has 0 unspecified atom stereocenters. The summed E-state index contributed by atoms with van der Waals surface area (Å²) in [5, 5.41) is 5.10. The molecule has 198 valence electrons. The van der Waals surface area contributed by atoms with Gasteiger partial charge < -0.3 is 9.80 Å². The molecule has 1 saturated heterocycles. The zero-order valence-corrected chi connectivity index (χ0v) is 22.0. The lowest BCUT2D eigenvalue weighted by Gasteiger charge is -2.26. The lowest BCUT2D eigenvalue weighted by Crippen LogP contribution is -2.45. The molecule has 4 aromatic heterocycles. The van der Waals surface area contributed by atoms with Crippen molar-refractivity contribution in [1.82, 2.24) is 39.5 Å². The van der Waals surface area contributed by atoms with Crippen LogP contribution in [-0.4, -0.2) is 83.2 Å². The van der Waals surface area contributed by atoms with E-state index in [1.165, 1.54) is 11.6 Å². The smallest absolute Gasteiger partial charge is 0.245 e. The van der Waals surface area contributed by atoms with Gasteiger partial charge in [0.25, 0.3) is 0 Å². The lowest BCUT2D eigenvalue weighted by atomic mass is 10.0. The Morgan fingerprint density at radius 3 is 2.51 bits per heavy atom. The SMILES string of the molecule is CC(=O)c1nn(CC(=O)N2[C@@H]3C[C@@H]3C[C@H]2C(=O)c2ccccn2)c2cnc(-c3cnc(CN(C)C)nc3)cc12. The Morgan fingerprint density at radius 2 is 1.82 bits per heavy atom. The van der Waals surface area contributed by atoms with Crippen molar-refractivity contribution in [3.05, 3.63) is 66.3 Å². The predicted octanol–water partition coefficient (Wildman–Crippen LogP) is 2.42. The minimum Gasteiger partial charge on any atom is -0.327 e. The normalized spacial score (nSPS) is 19.9. The fourth-order valence-electron chi connectivity index (χ4n) is 5.40. The zero-order valence-electron chi connectivity index (χ0n) is 22.0. The number of hydrogen-bond donors (Lipinski definition) is 0. The standard InChI is InChI=1S/C28H28N8O3/c1-16(37)27-19-10-21(18-11-31-25(32-12-18)14-34(2)3)30-13-24(19)35(33-27)15-26(38)36-22-8-17(22)9-23(36)28(39)20-6-4-5-7-29-20/h4-7,10-13,17,22-23H,8-9,14-15H2,1-3H3/t17-,22-,23+/m1/s1.